The lowest BCUT2D eigenvalue weighted by Crippen LogP contribution is -2.38. The Hall–Kier alpha value is -3.48. The van der Waals surface area contributed by atoms with E-state index in [1.165, 1.54) is 12.1 Å². The smallest absolute Gasteiger partial charge is 0.244 e. The molecule has 7 heteroatoms. The molecule has 1 N–H and O–H groups in total. The van der Waals surface area contributed by atoms with Gasteiger partial charge in [-0.05, 0) is 42.7 Å². The lowest BCUT2D eigenvalue weighted by molar-refractivity contribution is -0.142. The van der Waals surface area contributed by atoms with Gasteiger partial charge in [0.1, 0.15) is 24.7 Å². The molecule has 0 radical (unpaired) electrons. The molecular formula is C23H21FN2O4. The Morgan fingerprint density at radius 3 is 2.43 bits per heavy atom. The molecule has 0 spiro atoms. The van der Waals surface area contributed by atoms with E-state index in [1.54, 1.807) is 30.3 Å². The Labute approximate surface area is 173 Å². The van der Waals surface area contributed by atoms with Crippen LogP contribution in [0.25, 0.3) is 0 Å². The number of nitrogens with one attached hydrogen (secondary N) is 1. The molecule has 1 aliphatic heterocycles. The first-order valence-electron chi connectivity index (χ1n) is 9.78. The highest BCUT2D eigenvalue weighted by molar-refractivity contribution is 6.08. The van der Waals surface area contributed by atoms with Crippen molar-refractivity contribution < 1.29 is 23.5 Å². The van der Waals surface area contributed by atoms with Crippen molar-refractivity contribution >= 4 is 23.4 Å². The molecule has 154 valence electrons. The van der Waals surface area contributed by atoms with Crippen molar-refractivity contribution in [2.45, 2.75) is 19.4 Å². The molecule has 1 heterocycles. The SMILES string of the molecule is O=C(CN1C(=O)[C@H]2CC=CC[C@@H]2C1=O)Nc1cccc(COc2cccc(F)c2)c1. The maximum atomic E-state index is 13.2. The molecule has 2 aromatic rings. The molecule has 2 aromatic carbocycles. The van der Waals surface area contributed by atoms with Gasteiger partial charge in [0.05, 0.1) is 11.8 Å². The van der Waals surface area contributed by atoms with Crippen LogP contribution < -0.4 is 10.1 Å². The van der Waals surface area contributed by atoms with Crippen molar-refractivity contribution in [2.24, 2.45) is 11.8 Å². The van der Waals surface area contributed by atoms with E-state index >= 15 is 0 Å². The maximum absolute atomic E-state index is 13.2. The minimum absolute atomic E-state index is 0.201. The Morgan fingerprint density at radius 1 is 1.03 bits per heavy atom. The van der Waals surface area contributed by atoms with Gasteiger partial charge in [-0.15, -0.1) is 0 Å². The largest absolute Gasteiger partial charge is 0.489 e. The van der Waals surface area contributed by atoms with Gasteiger partial charge in [-0.1, -0.05) is 30.4 Å². The summed E-state index contributed by atoms with van der Waals surface area (Å²) in [6.45, 7) is -0.0959. The number of allylic oxidation sites excluding steroid dienone is 2. The monoisotopic (exact) mass is 408 g/mol. The molecule has 2 atom stereocenters. The highest BCUT2D eigenvalue weighted by Crippen LogP contribution is 2.34. The molecule has 0 saturated carbocycles. The summed E-state index contributed by atoms with van der Waals surface area (Å²) >= 11 is 0. The molecule has 3 amide bonds. The Bertz CT molecular complexity index is 994. The lowest BCUT2D eigenvalue weighted by Gasteiger charge is -2.15. The third kappa shape index (κ3) is 4.25. The summed E-state index contributed by atoms with van der Waals surface area (Å²) in [5.74, 6) is -1.66. The lowest BCUT2D eigenvalue weighted by atomic mass is 9.85. The second kappa shape index (κ2) is 8.49. The molecule has 0 unspecified atom stereocenters. The van der Waals surface area contributed by atoms with Crippen LogP contribution >= 0.6 is 0 Å². The number of ether oxygens (including phenoxy) is 1. The standard InChI is InChI=1S/C23H21FN2O4/c24-16-6-4-8-18(12-16)30-14-15-5-3-7-17(11-15)25-21(27)13-26-22(28)19-9-1-2-10-20(19)23(26)29/h1-8,11-12,19-20H,9-10,13-14H2,(H,25,27)/t19-,20-/m0/s1. The third-order valence-corrected chi connectivity index (χ3v) is 5.31. The topological polar surface area (TPSA) is 75.7 Å². The van der Waals surface area contributed by atoms with Gasteiger partial charge in [-0.3, -0.25) is 19.3 Å². The highest BCUT2D eigenvalue weighted by atomic mass is 19.1. The van der Waals surface area contributed by atoms with Crippen molar-refractivity contribution in [3.63, 3.8) is 0 Å². The molecule has 1 fully saturated rings. The number of carbonyl (C=O) groups excluding carboxylic acids is 3. The normalized spacial score (nSPS) is 20.2. The summed E-state index contributed by atoms with van der Waals surface area (Å²) in [6, 6.07) is 12.9. The fraction of sp³-hybridized carbons (Fsp3) is 0.261. The number of benzene rings is 2. The summed E-state index contributed by atoms with van der Waals surface area (Å²) in [6.07, 6.45) is 4.90. The average molecular weight is 408 g/mol. The minimum Gasteiger partial charge on any atom is -0.489 e. The number of hydrogen-bond acceptors (Lipinski definition) is 4. The number of fused-ring (bicyclic) bond motifs is 1. The summed E-state index contributed by atoms with van der Waals surface area (Å²) in [5, 5.41) is 2.72. The average Bonchev–Trinajstić information content (AvgIpc) is 2.98. The molecule has 4 rings (SSSR count). The van der Waals surface area contributed by atoms with E-state index in [0.29, 0.717) is 24.3 Å². The summed E-state index contributed by atoms with van der Waals surface area (Å²) in [7, 11) is 0. The van der Waals surface area contributed by atoms with E-state index in [2.05, 4.69) is 5.32 Å². The van der Waals surface area contributed by atoms with Crippen molar-refractivity contribution in [2.75, 3.05) is 11.9 Å². The Morgan fingerprint density at radius 2 is 1.73 bits per heavy atom. The number of hydrogen-bond donors (Lipinski definition) is 1. The number of carbonyl (C=O) groups is 3. The van der Waals surface area contributed by atoms with Gasteiger partial charge < -0.3 is 10.1 Å². The van der Waals surface area contributed by atoms with E-state index < -0.39 is 5.91 Å². The molecule has 1 aliphatic carbocycles. The fourth-order valence-electron chi connectivity index (χ4n) is 3.83. The molecule has 30 heavy (non-hydrogen) atoms. The van der Waals surface area contributed by atoms with Crippen LogP contribution in [-0.4, -0.2) is 29.2 Å². The number of imide groups is 1. The summed E-state index contributed by atoms with van der Waals surface area (Å²) in [4.78, 5) is 38.5. The first-order valence-corrected chi connectivity index (χ1v) is 9.78. The van der Waals surface area contributed by atoms with Crippen LogP contribution in [0.2, 0.25) is 0 Å². The van der Waals surface area contributed by atoms with E-state index in [4.69, 9.17) is 4.74 Å². The van der Waals surface area contributed by atoms with Crippen LogP contribution in [0.15, 0.2) is 60.7 Å². The quantitative estimate of drug-likeness (QED) is 0.588. The minimum atomic E-state index is -0.438. The third-order valence-electron chi connectivity index (χ3n) is 5.31. The number of anilines is 1. The van der Waals surface area contributed by atoms with Crippen molar-refractivity contribution in [1.82, 2.24) is 4.90 Å². The van der Waals surface area contributed by atoms with Crippen molar-refractivity contribution in [1.29, 1.82) is 0 Å². The number of nitrogens with zero attached hydrogens (tertiary/aromatic N) is 1. The number of rotatable bonds is 6. The second-order valence-corrected chi connectivity index (χ2v) is 7.41. The van der Waals surface area contributed by atoms with Crippen LogP contribution in [-0.2, 0) is 21.0 Å². The second-order valence-electron chi connectivity index (χ2n) is 7.41. The van der Waals surface area contributed by atoms with Crippen LogP contribution in [0, 0.1) is 17.7 Å². The highest BCUT2D eigenvalue weighted by Gasteiger charge is 2.47. The van der Waals surface area contributed by atoms with Gasteiger partial charge in [-0.25, -0.2) is 4.39 Å². The molecule has 0 bridgehead atoms. The maximum Gasteiger partial charge on any atom is 0.244 e. The van der Waals surface area contributed by atoms with Crippen molar-refractivity contribution in [3.05, 3.63) is 72.1 Å². The fourth-order valence-corrected chi connectivity index (χ4v) is 3.83. The number of halogens is 1. The molecule has 1 saturated heterocycles. The van der Waals surface area contributed by atoms with E-state index in [1.807, 2.05) is 18.2 Å². The first kappa shape index (κ1) is 19.8. The van der Waals surface area contributed by atoms with Gasteiger partial charge >= 0.3 is 0 Å². The predicted octanol–water partition coefficient (Wildman–Crippen LogP) is 3.29. The zero-order chi connectivity index (χ0) is 21.1. The molecule has 6 nitrogen and oxygen atoms in total. The van der Waals surface area contributed by atoms with Gasteiger partial charge in [0.2, 0.25) is 17.7 Å². The van der Waals surface area contributed by atoms with Gasteiger partial charge in [0.15, 0.2) is 0 Å². The Balaban J connectivity index is 1.35. The summed E-state index contributed by atoms with van der Waals surface area (Å²) in [5.41, 5.74) is 1.31. The summed E-state index contributed by atoms with van der Waals surface area (Å²) < 4.78 is 18.8. The van der Waals surface area contributed by atoms with Crippen LogP contribution in [0.5, 0.6) is 5.75 Å². The van der Waals surface area contributed by atoms with Crippen LogP contribution in [0.4, 0.5) is 10.1 Å². The molecular weight excluding hydrogens is 387 g/mol. The van der Waals surface area contributed by atoms with Gasteiger partial charge in [-0.2, -0.15) is 0 Å². The Kier molecular flexibility index (Phi) is 5.61. The van der Waals surface area contributed by atoms with E-state index in [0.717, 1.165) is 10.5 Å². The first-order chi connectivity index (χ1) is 14.5. The van der Waals surface area contributed by atoms with Crippen LogP contribution in [0.3, 0.4) is 0 Å². The number of likely N-dealkylation sites (tertiary alicyclic amines) is 1. The zero-order valence-electron chi connectivity index (χ0n) is 16.2. The van der Waals surface area contributed by atoms with Crippen LogP contribution in [0.1, 0.15) is 18.4 Å². The molecule has 0 aromatic heterocycles. The van der Waals surface area contributed by atoms with Crippen molar-refractivity contribution in [3.8, 4) is 5.75 Å². The predicted molar refractivity (Wildman–Crippen MR) is 108 cm³/mol. The number of amides is 3. The van der Waals surface area contributed by atoms with Gasteiger partial charge in [0.25, 0.3) is 0 Å². The van der Waals surface area contributed by atoms with E-state index in [9.17, 15) is 18.8 Å². The van der Waals surface area contributed by atoms with E-state index in [-0.39, 0.29) is 42.6 Å². The zero-order valence-corrected chi connectivity index (χ0v) is 16.2. The molecule has 2 aliphatic rings. The van der Waals surface area contributed by atoms with Gasteiger partial charge in [0, 0.05) is 11.8 Å².